The zero-order chi connectivity index (χ0) is 21.5. The van der Waals surface area contributed by atoms with E-state index in [4.69, 9.17) is 4.98 Å². The molecule has 4 rings (SSSR count). The average Bonchev–Trinajstić information content (AvgIpc) is 2.80. The Labute approximate surface area is 186 Å². The van der Waals surface area contributed by atoms with Crippen LogP contribution in [0.15, 0.2) is 61.1 Å². The van der Waals surface area contributed by atoms with E-state index in [0.717, 1.165) is 57.0 Å². The molecule has 5 nitrogen and oxygen atoms in total. The minimum Gasteiger partial charge on any atom is -0.314 e. The van der Waals surface area contributed by atoms with Crippen LogP contribution in [0.5, 0.6) is 0 Å². The van der Waals surface area contributed by atoms with Crippen LogP contribution in [-0.2, 0) is 19.4 Å². The Hall–Kier alpha value is -2.63. The number of pyridine rings is 1. The van der Waals surface area contributed by atoms with Crippen LogP contribution in [0.3, 0.4) is 0 Å². The SMILES string of the molecule is CC(C)C1CNCCN1Cc1cccc(-c2ccnc(CCCc3ccncc3)n2)c1. The number of rotatable bonds is 8. The summed E-state index contributed by atoms with van der Waals surface area (Å²) in [5.74, 6) is 1.56. The molecule has 0 radical (unpaired) electrons. The van der Waals surface area contributed by atoms with Crippen molar-refractivity contribution in [3.8, 4) is 11.3 Å². The fourth-order valence-electron chi connectivity index (χ4n) is 4.37. The van der Waals surface area contributed by atoms with E-state index in [0.29, 0.717) is 12.0 Å². The number of hydrogen-bond acceptors (Lipinski definition) is 5. The van der Waals surface area contributed by atoms with E-state index in [9.17, 15) is 0 Å². The summed E-state index contributed by atoms with van der Waals surface area (Å²) in [4.78, 5) is 16.1. The molecule has 1 aliphatic rings. The predicted molar refractivity (Wildman–Crippen MR) is 126 cm³/mol. The Bertz CT molecular complexity index is 957. The smallest absolute Gasteiger partial charge is 0.128 e. The number of nitrogens with one attached hydrogen (secondary N) is 1. The van der Waals surface area contributed by atoms with Crippen LogP contribution in [0, 0.1) is 5.92 Å². The molecule has 3 aromatic rings. The van der Waals surface area contributed by atoms with Crippen molar-refractivity contribution in [1.29, 1.82) is 0 Å². The van der Waals surface area contributed by atoms with E-state index in [2.05, 4.69) is 70.4 Å². The molecule has 2 aromatic heterocycles. The molecule has 1 fully saturated rings. The maximum atomic E-state index is 4.86. The molecule has 0 amide bonds. The van der Waals surface area contributed by atoms with Crippen LogP contribution >= 0.6 is 0 Å². The normalized spacial score (nSPS) is 17.2. The van der Waals surface area contributed by atoms with Gasteiger partial charge in [0.15, 0.2) is 0 Å². The molecule has 1 saturated heterocycles. The maximum Gasteiger partial charge on any atom is 0.128 e. The molecule has 5 heteroatoms. The standard InChI is InChI=1S/C26H33N5/c1-20(2)25-18-28-15-16-31(25)19-22-6-3-7-23(17-22)24-11-14-29-26(30-24)8-4-5-21-9-12-27-13-10-21/h3,6-7,9-14,17,20,25,28H,4-5,8,15-16,18-19H2,1-2H3. The first kappa shape index (κ1) is 21.6. The average molecular weight is 416 g/mol. The van der Waals surface area contributed by atoms with Gasteiger partial charge in [0.25, 0.3) is 0 Å². The van der Waals surface area contributed by atoms with Crippen LogP contribution in [0.1, 0.15) is 37.2 Å². The Morgan fingerprint density at radius 1 is 1.03 bits per heavy atom. The van der Waals surface area contributed by atoms with Gasteiger partial charge >= 0.3 is 0 Å². The van der Waals surface area contributed by atoms with Gasteiger partial charge in [-0.2, -0.15) is 0 Å². The van der Waals surface area contributed by atoms with E-state index in [1.807, 2.05) is 24.7 Å². The monoisotopic (exact) mass is 415 g/mol. The highest BCUT2D eigenvalue weighted by molar-refractivity contribution is 5.59. The van der Waals surface area contributed by atoms with E-state index in [1.165, 1.54) is 16.7 Å². The number of aryl methyl sites for hydroxylation is 2. The van der Waals surface area contributed by atoms with Crippen LogP contribution < -0.4 is 5.32 Å². The van der Waals surface area contributed by atoms with Crippen molar-refractivity contribution < 1.29 is 0 Å². The number of hydrogen-bond donors (Lipinski definition) is 1. The molecule has 1 aliphatic heterocycles. The molecular weight excluding hydrogens is 382 g/mol. The van der Waals surface area contributed by atoms with E-state index in [1.54, 1.807) is 0 Å². The second kappa shape index (κ2) is 10.6. The third-order valence-electron chi connectivity index (χ3n) is 6.10. The molecule has 3 heterocycles. The summed E-state index contributed by atoms with van der Waals surface area (Å²) in [6.45, 7) is 8.87. The van der Waals surface area contributed by atoms with E-state index >= 15 is 0 Å². The second-order valence-electron chi connectivity index (χ2n) is 8.75. The molecule has 1 N–H and O–H groups in total. The molecule has 0 spiro atoms. The van der Waals surface area contributed by atoms with Crippen molar-refractivity contribution in [2.75, 3.05) is 19.6 Å². The number of benzene rings is 1. The first-order valence-corrected chi connectivity index (χ1v) is 11.4. The molecular formula is C26H33N5. The zero-order valence-corrected chi connectivity index (χ0v) is 18.7. The van der Waals surface area contributed by atoms with Crippen molar-refractivity contribution >= 4 is 0 Å². The van der Waals surface area contributed by atoms with Gasteiger partial charge in [0.05, 0.1) is 5.69 Å². The van der Waals surface area contributed by atoms with Gasteiger partial charge in [0.2, 0.25) is 0 Å². The minimum absolute atomic E-state index is 0.587. The molecule has 0 bridgehead atoms. The van der Waals surface area contributed by atoms with Gasteiger partial charge in [-0.05, 0) is 54.2 Å². The largest absolute Gasteiger partial charge is 0.314 e. The molecule has 1 atom stereocenters. The van der Waals surface area contributed by atoms with Gasteiger partial charge in [-0.1, -0.05) is 32.0 Å². The topological polar surface area (TPSA) is 53.9 Å². The first-order chi connectivity index (χ1) is 15.2. The summed E-state index contributed by atoms with van der Waals surface area (Å²) >= 11 is 0. The lowest BCUT2D eigenvalue weighted by molar-refractivity contribution is 0.117. The highest BCUT2D eigenvalue weighted by atomic mass is 15.2. The number of piperazine rings is 1. The van der Waals surface area contributed by atoms with Crippen LogP contribution in [0.4, 0.5) is 0 Å². The first-order valence-electron chi connectivity index (χ1n) is 11.4. The fraction of sp³-hybridized carbons (Fsp3) is 0.423. The lowest BCUT2D eigenvalue weighted by Crippen LogP contribution is -2.52. The van der Waals surface area contributed by atoms with Gasteiger partial charge in [-0.3, -0.25) is 9.88 Å². The molecule has 31 heavy (non-hydrogen) atoms. The van der Waals surface area contributed by atoms with E-state index < -0.39 is 0 Å². The van der Waals surface area contributed by atoms with Gasteiger partial charge in [0, 0.05) is 62.8 Å². The summed E-state index contributed by atoms with van der Waals surface area (Å²) in [5.41, 5.74) is 4.84. The zero-order valence-electron chi connectivity index (χ0n) is 18.7. The number of nitrogens with zero attached hydrogens (tertiary/aromatic N) is 4. The Kier molecular flexibility index (Phi) is 7.39. The Morgan fingerprint density at radius 2 is 1.90 bits per heavy atom. The van der Waals surface area contributed by atoms with Crippen molar-refractivity contribution in [2.45, 2.75) is 45.7 Å². The lowest BCUT2D eigenvalue weighted by Gasteiger charge is -2.38. The van der Waals surface area contributed by atoms with Gasteiger partial charge in [0.1, 0.15) is 5.82 Å². The van der Waals surface area contributed by atoms with Crippen molar-refractivity contribution in [2.24, 2.45) is 5.92 Å². The van der Waals surface area contributed by atoms with Crippen molar-refractivity contribution in [3.63, 3.8) is 0 Å². The highest BCUT2D eigenvalue weighted by Crippen LogP contribution is 2.22. The number of aromatic nitrogens is 3. The molecule has 1 aromatic carbocycles. The summed E-state index contributed by atoms with van der Waals surface area (Å²) < 4.78 is 0. The van der Waals surface area contributed by atoms with Crippen molar-refractivity contribution in [1.82, 2.24) is 25.2 Å². The van der Waals surface area contributed by atoms with Crippen LogP contribution in [-0.4, -0.2) is 45.5 Å². The highest BCUT2D eigenvalue weighted by Gasteiger charge is 2.24. The third kappa shape index (κ3) is 5.96. The molecule has 1 unspecified atom stereocenters. The molecule has 162 valence electrons. The molecule has 0 saturated carbocycles. The Balaban J connectivity index is 1.42. The maximum absolute atomic E-state index is 4.86. The van der Waals surface area contributed by atoms with Gasteiger partial charge in [-0.25, -0.2) is 9.97 Å². The van der Waals surface area contributed by atoms with E-state index in [-0.39, 0.29) is 0 Å². The minimum atomic E-state index is 0.587. The predicted octanol–water partition coefficient (Wildman–Crippen LogP) is 4.14. The fourth-order valence-corrected chi connectivity index (χ4v) is 4.37. The summed E-state index contributed by atoms with van der Waals surface area (Å²) in [7, 11) is 0. The summed E-state index contributed by atoms with van der Waals surface area (Å²) in [5, 5.41) is 3.54. The quantitative estimate of drug-likeness (QED) is 0.599. The third-order valence-corrected chi connectivity index (χ3v) is 6.10. The van der Waals surface area contributed by atoms with Gasteiger partial charge in [-0.15, -0.1) is 0 Å². The second-order valence-corrected chi connectivity index (χ2v) is 8.75. The Morgan fingerprint density at radius 3 is 2.74 bits per heavy atom. The van der Waals surface area contributed by atoms with Crippen LogP contribution in [0.25, 0.3) is 11.3 Å². The van der Waals surface area contributed by atoms with Crippen LogP contribution in [0.2, 0.25) is 0 Å². The lowest BCUT2D eigenvalue weighted by atomic mass is 9.99. The summed E-state index contributed by atoms with van der Waals surface area (Å²) in [6, 6.07) is 15.6. The molecule has 0 aliphatic carbocycles. The summed E-state index contributed by atoms with van der Waals surface area (Å²) in [6.07, 6.45) is 8.53. The van der Waals surface area contributed by atoms with Gasteiger partial charge < -0.3 is 5.32 Å². The van der Waals surface area contributed by atoms with Crippen molar-refractivity contribution in [3.05, 3.63) is 78.0 Å².